The number of hydrogen-bond acceptors (Lipinski definition) is 5. The average molecular weight is 311 g/mol. The third-order valence-corrected chi connectivity index (χ3v) is 4.15. The highest BCUT2D eigenvalue weighted by Gasteiger charge is 2.16. The summed E-state index contributed by atoms with van der Waals surface area (Å²) in [5, 5.41) is 7.94. The predicted octanol–water partition coefficient (Wildman–Crippen LogP) is 2.70. The number of nitrogens with one attached hydrogen (secondary N) is 2. The molecule has 0 radical (unpaired) electrons. The topological polar surface area (TPSA) is 80.3 Å². The molecule has 2 amide bonds. The zero-order chi connectivity index (χ0) is 15.1. The number of rotatable bonds is 5. The van der Waals surface area contributed by atoms with Gasteiger partial charge in [0.1, 0.15) is 0 Å². The van der Waals surface area contributed by atoms with E-state index in [1.165, 1.54) is 30.6 Å². The van der Waals surface area contributed by atoms with Crippen LogP contribution in [0.25, 0.3) is 0 Å². The van der Waals surface area contributed by atoms with E-state index in [4.69, 9.17) is 4.74 Å². The minimum absolute atomic E-state index is 0.135. The maximum absolute atomic E-state index is 11.9. The largest absolute Gasteiger partial charge is 0.466 e. The van der Waals surface area contributed by atoms with E-state index in [0.29, 0.717) is 17.4 Å². The maximum Gasteiger partial charge on any atom is 0.321 e. The summed E-state index contributed by atoms with van der Waals surface area (Å²) in [6.07, 6.45) is 5.82. The van der Waals surface area contributed by atoms with Crippen LogP contribution in [0.15, 0.2) is 5.38 Å². The van der Waals surface area contributed by atoms with Gasteiger partial charge >= 0.3 is 12.0 Å². The van der Waals surface area contributed by atoms with E-state index in [9.17, 15) is 9.59 Å². The van der Waals surface area contributed by atoms with Gasteiger partial charge < -0.3 is 10.1 Å². The standard InChI is InChI=1S/C14H21N3O3S/c1-2-20-12(18)8-11-9-21-14(16-11)17-13(19)15-10-6-4-3-5-7-10/h9-10H,2-8H2,1H3,(H2,15,16,17,19). The van der Waals surface area contributed by atoms with Crippen molar-refractivity contribution >= 4 is 28.5 Å². The molecule has 0 unspecified atom stereocenters. The molecule has 7 heteroatoms. The van der Waals surface area contributed by atoms with Crippen molar-refractivity contribution in [3.63, 3.8) is 0 Å². The van der Waals surface area contributed by atoms with E-state index in [1.54, 1.807) is 12.3 Å². The number of esters is 1. The summed E-state index contributed by atoms with van der Waals surface area (Å²) in [7, 11) is 0. The van der Waals surface area contributed by atoms with Gasteiger partial charge in [-0.15, -0.1) is 11.3 Å². The van der Waals surface area contributed by atoms with Gasteiger partial charge in [-0.05, 0) is 19.8 Å². The molecule has 1 fully saturated rings. The normalized spacial score (nSPS) is 15.5. The van der Waals surface area contributed by atoms with E-state index in [0.717, 1.165) is 12.8 Å². The number of hydrogen-bond donors (Lipinski definition) is 2. The lowest BCUT2D eigenvalue weighted by Gasteiger charge is -2.22. The molecule has 2 N–H and O–H groups in total. The van der Waals surface area contributed by atoms with E-state index in [2.05, 4.69) is 15.6 Å². The Bertz CT molecular complexity index is 484. The Balaban J connectivity index is 1.78. The summed E-state index contributed by atoms with van der Waals surface area (Å²) >= 11 is 1.31. The number of carbonyl (C=O) groups is 2. The molecule has 0 saturated heterocycles. The molecular weight excluding hydrogens is 290 g/mol. The Kier molecular flexibility index (Phi) is 5.98. The number of nitrogens with zero attached hydrogens (tertiary/aromatic N) is 1. The molecule has 21 heavy (non-hydrogen) atoms. The van der Waals surface area contributed by atoms with Gasteiger partial charge in [0.2, 0.25) is 0 Å². The van der Waals surface area contributed by atoms with Crippen LogP contribution in [-0.2, 0) is 16.0 Å². The summed E-state index contributed by atoms with van der Waals surface area (Å²) < 4.78 is 4.86. The molecule has 1 saturated carbocycles. The van der Waals surface area contributed by atoms with Gasteiger partial charge in [-0.25, -0.2) is 9.78 Å². The quantitative estimate of drug-likeness (QED) is 0.819. The third kappa shape index (κ3) is 5.34. The number of ether oxygens (including phenoxy) is 1. The Morgan fingerprint density at radius 3 is 2.86 bits per heavy atom. The molecule has 0 spiro atoms. The van der Waals surface area contributed by atoms with Gasteiger partial charge in [-0.1, -0.05) is 19.3 Å². The lowest BCUT2D eigenvalue weighted by atomic mass is 9.96. The van der Waals surface area contributed by atoms with Gasteiger partial charge in [0.15, 0.2) is 5.13 Å². The van der Waals surface area contributed by atoms with Crippen molar-refractivity contribution < 1.29 is 14.3 Å². The lowest BCUT2D eigenvalue weighted by Crippen LogP contribution is -2.39. The van der Waals surface area contributed by atoms with E-state index < -0.39 is 0 Å². The second kappa shape index (κ2) is 7.97. The summed E-state index contributed by atoms with van der Waals surface area (Å²) in [4.78, 5) is 27.4. The number of amides is 2. The van der Waals surface area contributed by atoms with Crippen molar-refractivity contribution in [2.45, 2.75) is 51.5 Å². The molecule has 1 aliphatic carbocycles. The first-order valence-corrected chi connectivity index (χ1v) is 8.23. The monoisotopic (exact) mass is 311 g/mol. The Morgan fingerprint density at radius 1 is 1.38 bits per heavy atom. The Hall–Kier alpha value is -1.63. The predicted molar refractivity (Wildman–Crippen MR) is 81.5 cm³/mol. The number of thiazole rings is 1. The fourth-order valence-electron chi connectivity index (χ4n) is 2.37. The second-order valence-electron chi connectivity index (χ2n) is 5.06. The first kappa shape index (κ1) is 15.8. The highest BCUT2D eigenvalue weighted by Crippen LogP contribution is 2.19. The Morgan fingerprint density at radius 2 is 2.14 bits per heavy atom. The van der Waals surface area contributed by atoms with Gasteiger partial charge in [-0.2, -0.15) is 0 Å². The number of aromatic nitrogens is 1. The van der Waals surface area contributed by atoms with Crippen molar-refractivity contribution in [1.82, 2.24) is 10.3 Å². The summed E-state index contributed by atoms with van der Waals surface area (Å²) in [6, 6.07) is 0.0386. The van der Waals surface area contributed by atoms with Crippen LogP contribution >= 0.6 is 11.3 Å². The molecule has 1 heterocycles. The fourth-order valence-corrected chi connectivity index (χ4v) is 3.08. The van der Waals surface area contributed by atoms with Crippen molar-refractivity contribution in [2.75, 3.05) is 11.9 Å². The molecule has 6 nitrogen and oxygen atoms in total. The summed E-state index contributed by atoms with van der Waals surface area (Å²) in [5.41, 5.74) is 0.617. The minimum Gasteiger partial charge on any atom is -0.466 e. The van der Waals surface area contributed by atoms with Crippen LogP contribution in [0.2, 0.25) is 0 Å². The minimum atomic E-state index is -0.305. The molecule has 2 rings (SSSR count). The van der Waals surface area contributed by atoms with Crippen LogP contribution < -0.4 is 10.6 Å². The number of anilines is 1. The molecule has 1 aromatic heterocycles. The van der Waals surface area contributed by atoms with Crippen molar-refractivity contribution in [2.24, 2.45) is 0 Å². The van der Waals surface area contributed by atoms with Crippen molar-refractivity contribution in [3.05, 3.63) is 11.1 Å². The smallest absolute Gasteiger partial charge is 0.321 e. The first-order chi connectivity index (χ1) is 10.2. The van der Waals surface area contributed by atoms with Gasteiger partial charge in [-0.3, -0.25) is 10.1 Å². The molecule has 0 aliphatic heterocycles. The zero-order valence-electron chi connectivity index (χ0n) is 12.2. The van der Waals surface area contributed by atoms with Gasteiger partial charge in [0.05, 0.1) is 18.7 Å². The fraction of sp³-hybridized carbons (Fsp3) is 0.643. The molecule has 116 valence electrons. The van der Waals surface area contributed by atoms with Crippen LogP contribution in [0.5, 0.6) is 0 Å². The lowest BCUT2D eigenvalue weighted by molar-refractivity contribution is -0.142. The maximum atomic E-state index is 11.9. The van der Waals surface area contributed by atoms with Gasteiger partial charge in [0.25, 0.3) is 0 Å². The molecule has 0 atom stereocenters. The van der Waals surface area contributed by atoms with Crippen LogP contribution in [0.1, 0.15) is 44.7 Å². The van der Waals surface area contributed by atoms with Crippen LogP contribution in [0.4, 0.5) is 9.93 Å². The van der Waals surface area contributed by atoms with E-state index in [1.807, 2.05) is 0 Å². The molecule has 0 aromatic carbocycles. The summed E-state index contributed by atoms with van der Waals surface area (Å²) in [5.74, 6) is -0.305. The van der Waals surface area contributed by atoms with E-state index >= 15 is 0 Å². The third-order valence-electron chi connectivity index (χ3n) is 3.34. The summed E-state index contributed by atoms with van der Waals surface area (Å²) in [6.45, 7) is 2.12. The molecule has 1 aromatic rings. The van der Waals surface area contributed by atoms with E-state index in [-0.39, 0.29) is 24.5 Å². The molecule has 0 bridgehead atoms. The number of urea groups is 1. The highest BCUT2D eigenvalue weighted by molar-refractivity contribution is 7.13. The van der Waals surface area contributed by atoms with Crippen LogP contribution in [-0.4, -0.2) is 29.6 Å². The van der Waals surface area contributed by atoms with Crippen molar-refractivity contribution in [3.8, 4) is 0 Å². The SMILES string of the molecule is CCOC(=O)Cc1csc(NC(=O)NC2CCCCC2)n1. The second-order valence-corrected chi connectivity index (χ2v) is 5.92. The van der Waals surface area contributed by atoms with Crippen LogP contribution in [0, 0.1) is 0 Å². The Labute approximate surface area is 128 Å². The van der Waals surface area contributed by atoms with Crippen LogP contribution in [0.3, 0.4) is 0 Å². The molecule has 1 aliphatic rings. The molecular formula is C14H21N3O3S. The average Bonchev–Trinajstić information content (AvgIpc) is 2.87. The zero-order valence-corrected chi connectivity index (χ0v) is 13.0. The first-order valence-electron chi connectivity index (χ1n) is 7.35. The number of carbonyl (C=O) groups excluding carboxylic acids is 2. The highest BCUT2D eigenvalue weighted by atomic mass is 32.1. The van der Waals surface area contributed by atoms with Gasteiger partial charge in [0, 0.05) is 11.4 Å². The van der Waals surface area contributed by atoms with Crippen molar-refractivity contribution in [1.29, 1.82) is 0 Å².